The molecule has 0 bridgehead atoms. The molecule has 0 unspecified atom stereocenters. The van der Waals surface area contributed by atoms with Crippen LogP contribution in [0.4, 0.5) is 0 Å². The standard InChI is InChI=1S/C13H15ClO/c1-9-6-11(8-12(14)7-9)13(15)10-4-2-3-5-10/h6-8,10H,2-5H2,1H3. The minimum atomic E-state index is 0.239. The van der Waals surface area contributed by atoms with Crippen LogP contribution in [0.15, 0.2) is 18.2 Å². The lowest BCUT2D eigenvalue weighted by molar-refractivity contribution is 0.0923. The van der Waals surface area contributed by atoms with Gasteiger partial charge in [-0.2, -0.15) is 0 Å². The molecule has 1 aromatic carbocycles. The average molecular weight is 223 g/mol. The van der Waals surface area contributed by atoms with Gasteiger partial charge in [0.1, 0.15) is 0 Å². The third-order valence-corrected chi connectivity index (χ3v) is 3.27. The number of halogens is 1. The van der Waals surface area contributed by atoms with E-state index < -0.39 is 0 Å². The Morgan fingerprint density at radius 2 is 1.93 bits per heavy atom. The molecule has 1 aliphatic carbocycles. The van der Waals surface area contributed by atoms with Crippen molar-refractivity contribution in [3.05, 3.63) is 34.3 Å². The second kappa shape index (κ2) is 4.36. The zero-order valence-electron chi connectivity index (χ0n) is 8.92. The Hall–Kier alpha value is -0.820. The third-order valence-electron chi connectivity index (χ3n) is 3.05. The van der Waals surface area contributed by atoms with E-state index in [1.165, 1.54) is 12.8 Å². The van der Waals surface area contributed by atoms with Crippen molar-refractivity contribution in [1.82, 2.24) is 0 Å². The number of hydrogen-bond donors (Lipinski definition) is 0. The monoisotopic (exact) mass is 222 g/mol. The van der Waals surface area contributed by atoms with Crippen molar-refractivity contribution in [3.63, 3.8) is 0 Å². The van der Waals surface area contributed by atoms with Crippen molar-refractivity contribution in [2.75, 3.05) is 0 Å². The summed E-state index contributed by atoms with van der Waals surface area (Å²) in [7, 11) is 0. The number of rotatable bonds is 2. The maximum Gasteiger partial charge on any atom is 0.166 e. The number of hydrogen-bond acceptors (Lipinski definition) is 1. The van der Waals surface area contributed by atoms with Crippen molar-refractivity contribution >= 4 is 17.4 Å². The van der Waals surface area contributed by atoms with E-state index in [0.29, 0.717) is 5.02 Å². The van der Waals surface area contributed by atoms with Gasteiger partial charge in [-0.15, -0.1) is 0 Å². The van der Waals surface area contributed by atoms with Crippen LogP contribution in [0, 0.1) is 12.8 Å². The van der Waals surface area contributed by atoms with E-state index in [4.69, 9.17) is 11.6 Å². The zero-order chi connectivity index (χ0) is 10.8. The van der Waals surface area contributed by atoms with Crippen molar-refractivity contribution < 1.29 is 4.79 Å². The minimum absolute atomic E-state index is 0.239. The zero-order valence-corrected chi connectivity index (χ0v) is 9.68. The van der Waals surface area contributed by atoms with Gasteiger partial charge in [-0.1, -0.05) is 24.4 Å². The van der Waals surface area contributed by atoms with Crippen LogP contribution in [0.1, 0.15) is 41.6 Å². The molecule has 0 radical (unpaired) electrons. The molecule has 0 heterocycles. The van der Waals surface area contributed by atoms with E-state index >= 15 is 0 Å². The molecule has 2 rings (SSSR count). The molecule has 0 atom stereocenters. The molecule has 0 aromatic heterocycles. The molecule has 0 aliphatic heterocycles. The molecule has 80 valence electrons. The Kier molecular flexibility index (Phi) is 3.11. The van der Waals surface area contributed by atoms with Gasteiger partial charge in [0.2, 0.25) is 0 Å². The summed E-state index contributed by atoms with van der Waals surface area (Å²) in [6, 6.07) is 5.61. The van der Waals surface area contributed by atoms with Crippen LogP contribution < -0.4 is 0 Å². The summed E-state index contributed by atoms with van der Waals surface area (Å²) >= 11 is 5.95. The summed E-state index contributed by atoms with van der Waals surface area (Å²) in [5.74, 6) is 0.515. The molecule has 1 aromatic rings. The number of carbonyl (C=O) groups is 1. The first-order chi connectivity index (χ1) is 7.16. The molecule has 1 nitrogen and oxygen atoms in total. The van der Waals surface area contributed by atoms with Crippen molar-refractivity contribution in [1.29, 1.82) is 0 Å². The van der Waals surface area contributed by atoms with Crippen LogP contribution in [0.3, 0.4) is 0 Å². The molecular weight excluding hydrogens is 208 g/mol. The highest BCUT2D eigenvalue weighted by atomic mass is 35.5. The van der Waals surface area contributed by atoms with E-state index in [2.05, 4.69) is 0 Å². The lowest BCUT2D eigenvalue weighted by Crippen LogP contribution is -2.11. The van der Waals surface area contributed by atoms with Gasteiger partial charge in [0.25, 0.3) is 0 Å². The molecule has 0 saturated heterocycles. The summed E-state index contributed by atoms with van der Waals surface area (Å²) < 4.78 is 0. The van der Waals surface area contributed by atoms with E-state index in [0.717, 1.165) is 24.0 Å². The average Bonchev–Trinajstić information content (AvgIpc) is 2.67. The molecule has 0 amide bonds. The molecule has 1 aliphatic rings. The lowest BCUT2D eigenvalue weighted by atomic mass is 9.95. The minimum Gasteiger partial charge on any atom is -0.294 e. The molecule has 2 heteroatoms. The van der Waals surface area contributed by atoms with Gasteiger partial charge in [-0.25, -0.2) is 0 Å². The van der Waals surface area contributed by atoms with Gasteiger partial charge in [-0.05, 0) is 43.5 Å². The van der Waals surface area contributed by atoms with Gasteiger partial charge < -0.3 is 0 Å². The topological polar surface area (TPSA) is 17.1 Å². The molecule has 15 heavy (non-hydrogen) atoms. The second-order valence-electron chi connectivity index (χ2n) is 4.36. The fraction of sp³-hybridized carbons (Fsp3) is 0.462. The van der Waals surface area contributed by atoms with Crippen LogP contribution in [-0.4, -0.2) is 5.78 Å². The molecule has 1 saturated carbocycles. The van der Waals surface area contributed by atoms with Crippen LogP contribution in [0.5, 0.6) is 0 Å². The summed E-state index contributed by atoms with van der Waals surface area (Å²) in [6.45, 7) is 1.97. The summed E-state index contributed by atoms with van der Waals surface area (Å²) in [4.78, 5) is 12.1. The SMILES string of the molecule is Cc1cc(Cl)cc(C(=O)C2CCCC2)c1. The molecule has 1 fully saturated rings. The largest absolute Gasteiger partial charge is 0.294 e. The highest BCUT2D eigenvalue weighted by Gasteiger charge is 2.23. The second-order valence-corrected chi connectivity index (χ2v) is 4.80. The first-order valence-electron chi connectivity index (χ1n) is 5.48. The summed E-state index contributed by atoms with van der Waals surface area (Å²) in [5.41, 5.74) is 1.84. The molecule has 0 spiro atoms. The van der Waals surface area contributed by atoms with Crippen LogP contribution >= 0.6 is 11.6 Å². The van der Waals surface area contributed by atoms with Crippen molar-refractivity contribution in [2.45, 2.75) is 32.6 Å². The number of carbonyl (C=O) groups excluding carboxylic acids is 1. The van der Waals surface area contributed by atoms with Gasteiger partial charge in [0.15, 0.2) is 5.78 Å². The highest BCUT2D eigenvalue weighted by Crippen LogP contribution is 2.29. The van der Waals surface area contributed by atoms with Gasteiger partial charge in [-0.3, -0.25) is 4.79 Å². The quantitative estimate of drug-likeness (QED) is 0.691. The van der Waals surface area contributed by atoms with Gasteiger partial charge in [0, 0.05) is 16.5 Å². The summed E-state index contributed by atoms with van der Waals surface area (Å²) in [6.07, 6.45) is 4.47. The maximum absolute atomic E-state index is 12.1. The molecular formula is C13H15ClO. The highest BCUT2D eigenvalue weighted by molar-refractivity contribution is 6.31. The summed E-state index contributed by atoms with van der Waals surface area (Å²) in [5, 5.41) is 0.663. The Labute approximate surface area is 95.4 Å². The Morgan fingerprint density at radius 3 is 2.53 bits per heavy atom. The first-order valence-corrected chi connectivity index (χ1v) is 5.86. The van der Waals surface area contributed by atoms with Gasteiger partial charge >= 0.3 is 0 Å². The van der Waals surface area contributed by atoms with Crippen molar-refractivity contribution in [3.8, 4) is 0 Å². The van der Waals surface area contributed by atoms with Crippen molar-refractivity contribution in [2.24, 2.45) is 5.92 Å². The number of Topliss-reactive ketones (excluding diaryl/α,β-unsaturated/α-hetero) is 1. The van der Waals surface area contributed by atoms with E-state index in [9.17, 15) is 4.79 Å². The Morgan fingerprint density at radius 1 is 1.27 bits per heavy atom. The Balaban J connectivity index is 2.24. The smallest absolute Gasteiger partial charge is 0.166 e. The van der Waals surface area contributed by atoms with Gasteiger partial charge in [0.05, 0.1) is 0 Å². The normalized spacial score (nSPS) is 16.9. The number of ketones is 1. The Bertz CT molecular complexity index is 358. The number of aryl methyl sites for hydroxylation is 1. The van der Waals surface area contributed by atoms with Crippen LogP contribution in [0.25, 0.3) is 0 Å². The van der Waals surface area contributed by atoms with E-state index in [1.807, 2.05) is 19.1 Å². The van der Waals surface area contributed by atoms with Crippen LogP contribution in [0.2, 0.25) is 5.02 Å². The fourth-order valence-electron chi connectivity index (χ4n) is 2.30. The maximum atomic E-state index is 12.1. The van der Waals surface area contributed by atoms with E-state index in [-0.39, 0.29) is 11.7 Å². The molecule has 0 N–H and O–H groups in total. The lowest BCUT2D eigenvalue weighted by Gasteiger charge is -2.08. The van der Waals surface area contributed by atoms with Crippen LogP contribution in [-0.2, 0) is 0 Å². The fourth-order valence-corrected chi connectivity index (χ4v) is 2.59. The number of benzene rings is 1. The predicted molar refractivity (Wildman–Crippen MR) is 62.5 cm³/mol. The first kappa shape index (κ1) is 10.7. The van der Waals surface area contributed by atoms with E-state index in [1.54, 1.807) is 6.07 Å². The predicted octanol–water partition coefficient (Wildman–Crippen LogP) is 4.02. The third kappa shape index (κ3) is 2.40.